The average molecular weight is 327 g/mol. The summed E-state index contributed by atoms with van der Waals surface area (Å²) in [5.41, 5.74) is 0.206. The molecule has 1 fully saturated rings. The van der Waals surface area contributed by atoms with E-state index in [0.29, 0.717) is 6.10 Å². The van der Waals surface area contributed by atoms with Crippen LogP contribution in [0.1, 0.15) is 52.4 Å². The highest BCUT2D eigenvalue weighted by atomic mass is 16.5. The predicted octanol–water partition coefficient (Wildman–Crippen LogP) is 2.48. The van der Waals surface area contributed by atoms with E-state index in [1.54, 1.807) is 0 Å². The molecule has 0 radical (unpaired) electrons. The molecule has 0 aliphatic heterocycles. The SMILES string of the molecule is CN=C(NCCOC1CCCCCC1)NCC(C)(C)CN(C)C. The highest BCUT2D eigenvalue weighted by molar-refractivity contribution is 5.79. The maximum atomic E-state index is 6.00. The molecular formula is C18H38N4O. The lowest BCUT2D eigenvalue weighted by atomic mass is 9.93. The molecule has 1 aliphatic carbocycles. The molecular weight excluding hydrogens is 288 g/mol. The number of guanidine groups is 1. The van der Waals surface area contributed by atoms with E-state index in [1.165, 1.54) is 38.5 Å². The molecule has 0 spiro atoms. The second-order valence-corrected chi connectivity index (χ2v) is 7.74. The summed E-state index contributed by atoms with van der Waals surface area (Å²) in [5, 5.41) is 6.77. The first-order valence-electron chi connectivity index (χ1n) is 9.14. The summed E-state index contributed by atoms with van der Waals surface area (Å²) in [6, 6.07) is 0. The fourth-order valence-electron chi connectivity index (χ4n) is 3.26. The Hall–Kier alpha value is -0.810. The fourth-order valence-corrected chi connectivity index (χ4v) is 3.26. The van der Waals surface area contributed by atoms with Gasteiger partial charge in [-0.15, -0.1) is 0 Å². The number of nitrogens with zero attached hydrogens (tertiary/aromatic N) is 2. The van der Waals surface area contributed by atoms with E-state index in [0.717, 1.165) is 32.2 Å². The molecule has 2 N–H and O–H groups in total. The summed E-state index contributed by atoms with van der Waals surface area (Å²) in [4.78, 5) is 6.52. The van der Waals surface area contributed by atoms with Gasteiger partial charge in [0.05, 0.1) is 12.7 Å². The van der Waals surface area contributed by atoms with Gasteiger partial charge in [0.2, 0.25) is 0 Å². The van der Waals surface area contributed by atoms with E-state index >= 15 is 0 Å². The number of aliphatic imine (C=N–C) groups is 1. The number of rotatable bonds is 8. The van der Waals surface area contributed by atoms with Crippen LogP contribution in [-0.2, 0) is 4.74 Å². The van der Waals surface area contributed by atoms with E-state index in [-0.39, 0.29) is 5.41 Å². The molecule has 0 bridgehead atoms. The van der Waals surface area contributed by atoms with Gasteiger partial charge in [0.15, 0.2) is 5.96 Å². The standard InChI is InChI=1S/C18H38N4O/c1-18(2,15-22(4)5)14-21-17(19-3)20-12-13-23-16-10-8-6-7-9-11-16/h16H,6-15H2,1-5H3,(H2,19,20,21). The van der Waals surface area contributed by atoms with Crippen molar-refractivity contribution in [1.82, 2.24) is 15.5 Å². The molecule has 136 valence electrons. The first kappa shape index (κ1) is 20.2. The van der Waals surface area contributed by atoms with E-state index in [1.807, 2.05) is 7.05 Å². The summed E-state index contributed by atoms with van der Waals surface area (Å²) < 4.78 is 6.00. The first-order valence-corrected chi connectivity index (χ1v) is 9.14. The molecule has 0 heterocycles. The van der Waals surface area contributed by atoms with Crippen LogP contribution in [0, 0.1) is 5.41 Å². The van der Waals surface area contributed by atoms with E-state index in [4.69, 9.17) is 4.74 Å². The maximum Gasteiger partial charge on any atom is 0.191 e. The van der Waals surface area contributed by atoms with Gasteiger partial charge < -0.3 is 20.3 Å². The van der Waals surface area contributed by atoms with Gasteiger partial charge in [-0.25, -0.2) is 0 Å². The van der Waals surface area contributed by atoms with Crippen LogP contribution in [0.25, 0.3) is 0 Å². The maximum absolute atomic E-state index is 6.00. The van der Waals surface area contributed by atoms with Crippen molar-refractivity contribution in [2.24, 2.45) is 10.4 Å². The molecule has 5 heteroatoms. The number of ether oxygens (including phenoxy) is 1. The molecule has 1 aliphatic rings. The Kier molecular flexibility index (Phi) is 9.56. The average Bonchev–Trinajstić information content (AvgIpc) is 2.74. The predicted molar refractivity (Wildman–Crippen MR) is 99.1 cm³/mol. The Morgan fingerprint density at radius 3 is 2.35 bits per heavy atom. The minimum atomic E-state index is 0.206. The number of hydrogen-bond donors (Lipinski definition) is 2. The van der Waals surface area contributed by atoms with Crippen molar-refractivity contribution < 1.29 is 4.74 Å². The third-order valence-electron chi connectivity index (χ3n) is 4.25. The smallest absolute Gasteiger partial charge is 0.191 e. The van der Waals surface area contributed by atoms with Gasteiger partial charge in [0.1, 0.15) is 0 Å². The summed E-state index contributed by atoms with van der Waals surface area (Å²) in [5.74, 6) is 0.862. The molecule has 1 saturated carbocycles. The second-order valence-electron chi connectivity index (χ2n) is 7.74. The van der Waals surface area contributed by atoms with Gasteiger partial charge in [-0.3, -0.25) is 4.99 Å². The molecule has 0 saturated heterocycles. The van der Waals surface area contributed by atoms with Crippen molar-refractivity contribution in [3.05, 3.63) is 0 Å². The van der Waals surface area contributed by atoms with Crippen LogP contribution in [0.2, 0.25) is 0 Å². The van der Waals surface area contributed by atoms with Crippen LogP contribution in [0.5, 0.6) is 0 Å². The van der Waals surface area contributed by atoms with Gasteiger partial charge >= 0.3 is 0 Å². The second kappa shape index (κ2) is 10.9. The molecule has 0 aromatic rings. The Labute approximate surface area is 143 Å². The lowest BCUT2D eigenvalue weighted by molar-refractivity contribution is 0.0468. The van der Waals surface area contributed by atoms with Crippen molar-refractivity contribution in [3.63, 3.8) is 0 Å². The van der Waals surface area contributed by atoms with Gasteiger partial charge in [0, 0.05) is 26.7 Å². The topological polar surface area (TPSA) is 48.9 Å². The Bertz CT molecular complexity index is 334. The number of hydrogen-bond acceptors (Lipinski definition) is 3. The van der Waals surface area contributed by atoms with Crippen molar-refractivity contribution in [1.29, 1.82) is 0 Å². The molecule has 0 atom stereocenters. The zero-order valence-electron chi connectivity index (χ0n) is 16.0. The highest BCUT2D eigenvalue weighted by Crippen LogP contribution is 2.19. The lowest BCUT2D eigenvalue weighted by Crippen LogP contribution is -2.45. The monoisotopic (exact) mass is 326 g/mol. The first-order chi connectivity index (χ1) is 10.9. The van der Waals surface area contributed by atoms with Crippen molar-refractivity contribution in [3.8, 4) is 0 Å². The normalized spacial score (nSPS) is 18.1. The van der Waals surface area contributed by atoms with Gasteiger partial charge in [-0.2, -0.15) is 0 Å². The van der Waals surface area contributed by atoms with Crippen molar-refractivity contribution >= 4 is 5.96 Å². The molecule has 0 aromatic heterocycles. The van der Waals surface area contributed by atoms with Gasteiger partial charge in [0.25, 0.3) is 0 Å². The van der Waals surface area contributed by atoms with Crippen LogP contribution >= 0.6 is 0 Å². The molecule has 0 aromatic carbocycles. The van der Waals surface area contributed by atoms with E-state index < -0.39 is 0 Å². The van der Waals surface area contributed by atoms with Crippen LogP contribution in [0.15, 0.2) is 4.99 Å². The lowest BCUT2D eigenvalue weighted by Gasteiger charge is -2.29. The largest absolute Gasteiger partial charge is 0.376 e. The Balaban J connectivity index is 2.18. The molecule has 5 nitrogen and oxygen atoms in total. The third-order valence-corrected chi connectivity index (χ3v) is 4.25. The molecule has 1 rings (SSSR count). The molecule has 23 heavy (non-hydrogen) atoms. The number of nitrogens with one attached hydrogen (secondary N) is 2. The zero-order chi connectivity index (χ0) is 17.1. The quantitative estimate of drug-likeness (QED) is 0.311. The highest BCUT2D eigenvalue weighted by Gasteiger charge is 2.19. The zero-order valence-corrected chi connectivity index (χ0v) is 16.0. The summed E-state index contributed by atoms with van der Waals surface area (Å²) in [6.07, 6.45) is 8.31. The van der Waals surface area contributed by atoms with Crippen LogP contribution in [0.4, 0.5) is 0 Å². The van der Waals surface area contributed by atoms with Crippen LogP contribution in [0.3, 0.4) is 0 Å². The Morgan fingerprint density at radius 1 is 1.13 bits per heavy atom. The third kappa shape index (κ3) is 9.82. The molecule has 0 amide bonds. The molecule has 0 unspecified atom stereocenters. The van der Waals surface area contributed by atoms with E-state index in [9.17, 15) is 0 Å². The van der Waals surface area contributed by atoms with Gasteiger partial charge in [-0.1, -0.05) is 39.5 Å². The minimum absolute atomic E-state index is 0.206. The van der Waals surface area contributed by atoms with Crippen molar-refractivity contribution in [2.45, 2.75) is 58.5 Å². The van der Waals surface area contributed by atoms with Crippen LogP contribution < -0.4 is 10.6 Å². The summed E-state index contributed by atoms with van der Waals surface area (Å²) in [7, 11) is 6.04. The fraction of sp³-hybridized carbons (Fsp3) is 0.944. The Morgan fingerprint density at radius 2 is 1.78 bits per heavy atom. The van der Waals surface area contributed by atoms with Gasteiger partial charge in [-0.05, 0) is 32.4 Å². The minimum Gasteiger partial charge on any atom is -0.376 e. The van der Waals surface area contributed by atoms with Crippen molar-refractivity contribution in [2.75, 3.05) is 47.4 Å². The summed E-state index contributed by atoms with van der Waals surface area (Å²) >= 11 is 0. The van der Waals surface area contributed by atoms with E-state index in [2.05, 4.69) is 48.5 Å². The van der Waals surface area contributed by atoms with Crippen LogP contribution in [-0.4, -0.2) is 64.3 Å². The summed E-state index contributed by atoms with van der Waals surface area (Å²) in [6.45, 7) is 8.04.